The Labute approximate surface area is 104 Å². The zero-order valence-corrected chi connectivity index (χ0v) is 12.0. The van der Waals surface area contributed by atoms with Crippen LogP contribution in [0.4, 0.5) is 5.69 Å². The van der Waals surface area contributed by atoms with Crippen molar-refractivity contribution in [3.05, 3.63) is 24.3 Å². The molecule has 0 aliphatic heterocycles. The molecule has 3 nitrogen and oxygen atoms in total. The van der Waals surface area contributed by atoms with Gasteiger partial charge < -0.3 is 10.5 Å². The van der Waals surface area contributed by atoms with Gasteiger partial charge in [0.1, 0.15) is 0 Å². The third-order valence-corrected chi connectivity index (χ3v) is 7.60. The normalized spacial score (nSPS) is 13.2. The van der Waals surface area contributed by atoms with Gasteiger partial charge in [0.15, 0.2) is 0 Å². The molecule has 0 spiro atoms. The molecule has 0 saturated heterocycles. The minimum absolute atomic E-state index is 0.0499. The highest BCUT2D eigenvalue weighted by atomic mass is 28.3. The average Bonchev–Trinajstić information content (AvgIpc) is 2.29. The van der Waals surface area contributed by atoms with E-state index in [0.717, 1.165) is 5.69 Å². The van der Waals surface area contributed by atoms with Gasteiger partial charge in [0.2, 0.25) is 0 Å². The smallest absolute Gasteiger partial charge is 0.306 e. The summed E-state index contributed by atoms with van der Waals surface area (Å²) in [5.41, 5.74) is 6.38. The Morgan fingerprint density at radius 2 is 1.88 bits per heavy atom. The molecule has 0 unspecified atom stereocenters. The van der Waals surface area contributed by atoms with E-state index in [0.29, 0.717) is 6.61 Å². The Morgan fingerprint density at radius 3 is 2.35 bits per heavy atom. The number of esters is 1. The molecule has 0 aromatic heterocycles. The largest absolute Gasteiger partial charge is 0.466 e. The summed E-state index contributed by atoms with van der Waals surface area (Å²) >= 11 is 0. The summed E-state index contributed by atoms with van der Waals surface area (Å²) in [6.07, 6.45) is 0. The van der Waals surface area contributed by atoms with Crippen molar-refractivity contribution in [2.24, 2.45) is 0 Å². The molecule has 0 aliphatic carbocycles. The van der Waals surface area contributed by atoms with E-state index in [1.165, 1.54) is 5.19 Å². The molecule has 0 radical (unpaired) electrons. The van der Waals surface area contributed by atoms with Gasteiger partial charge in [-0.2, -0.15) is 0 Å². The predicted octanol–water partition coefficient (Wildman–Crippen LogP) is 2.14. The molecule has 4 heteroatoms. The van der Waals surface area contributed by atoms with Gasteiger partial charge in [0.05, 0.1) is 20.2 Å². The second-order valence-corrected chi connectivity index (χ2v) is 9.70. The van der Waals surface area contributed by atoms with Gasteiger partial charge in [-0.05, 0) is 19.1 Å². The summed E-state index contributed by atoms with van der Waals surface area (Å²) in [6.45, 7) is 8.60. The molecule has 1 aromatic carbocycles. The lowest BCUT2D eigenvalue weighted by atomic mass is 10.3. The molecule has 0 fully saturated rings. The first-order valence-corrected chi connectivity index (χ1v) is 9.00. The number of nitrogens with two attached hydrogens (primary N) is 1. The Balaban J connectivity index is 2.93. The third-order valence-electron chi connectivity index (χ3n) is 3.38. The number of hydrogen-bond donors (Lipinski definition) is 1. The van der Waals surface area contributed by atoms with E-state index in [-0.39, 0.29) is 11.5 Å². The van der Waals surface area contributed by atoms with E-state index in [1.54, 1.807) is 0 Å². The Bertz CT molecular complexity index is 387. The first kappa shape index (κ1) is 13.8. The maximum atomic E-state index is 11.8. The van der Waals surface area contributed by atoms with Gasteiger partial charge in [-0.1, -0.05) is 37.3 Å². The number of benzene rings is 1. The molecule has 17 heavy (non-hydrogen) atoms. The number of carbonyl (C=O) groups excluding carboxylic acids is 1. The summed E-state index contributed by atoms with van der Waals surface area (Å²) in [5, 5.41) is 1.23. The molecular formula is C13H21NO2Si. The van der Waals surface area contributed by atoms with Crippen molar-refractivity contribution in [1.82, 2.24) is 0 Å². The fourth-order valence-electron chi connectivity index (χ4n) is 1.72. The van der Waals surface area contributed by atoms with Gasteiger partial charge in [-0.15, -0.1) is 0 Å². The van der Waals surface area contributed by atoms with Crippen LogP contribution in [0.3, 0.4) is 0 Å². The highest BCUT2D eigenvalue weighted by Crippen LogP contribution is 2.23. The zero-order valence-electron chi connectivity index (χ0n) is 11.0. The number of ether oxygens (including phenoxy) is 1. The minimum atomic E-state index is -1.84. The summed E-state index contributed by atoms with van der Waals surface area (Å²) in [5.74, 6) is -0.0963. The first-order chi connectivity index (χ1) is 7.89. The lowest BCUT2D eigenvalue weighted by molar-refractivity contribution is -0.142. The monoisotopic (exact) mass is 251 g/mol. The fraction of sp³-hybridized carbons (Fsp3) is 0.462. The van der Waals surface area contributed by atoms with Crippen LogP contribution in [0.15, 0.2) is 24.3 Å². The van der Waals surface area contributed by atoms with Crippen LogP contribution in [-0.2, 0) is 9.53 Å². The van der Waals surface area contributed by atoms with Crippen LogP contribution >= 0.6 is 0 Å². The van der Waals surface area contributed by atoms with Crippen molar-refractivity contribution in [3.63, 3.8) is 0 Å². The third kappa shape index (κ3) is 3.09. The van der Waals surface area contributed by atoms with Crippen molar-refractivity contribution in [2.45, 2.75) is 32.5 Å². The Hall–Kier alpha value is -1.29. The Kier molecular flexibility index (Phi) is 4.34. The standard InChI is InChI=1S/C13H21NO2Si/c1-5-16-13(15)10(2)17(3,4)12-8-6-11(14)7-9-12/h6-10H,5,14H2,1-4H3/t10-/m0/s1. The molecule has 0 amide bonds. The van der Waals surface area contributed by atoms with E-state index in [2.05, 4.69) is 13.1 Å². The molecule has 0 aliphatic rings. The molecule has 0 bridgehead atoms. The SMILES string of the molecule is CCOC(=O)[C@H](C)[Si](C)(C)c1ccc(N)cc1. The van der Waals surface area contributed by atoms with Crippen LogP contribution in [0.5, 0.6) is 0 Å². The maximum Gasteiger partial charge on any atom is 0.306 e. The van der Waals surface area contributed by atoms with Crippen LogP contribution in [0.1, 0.15) is 13.8 Å². The van der Waals surface area contributed by atoms with Gasteiger partial charge in [-0.3, -0.25) is 4.79 Å². The summed E-state index contributed by atoms with van der Waals surface area (Å²) in [4.78, 5) is 11.8. The van der Waals surface area contributed by atoms with Crippen molar-refractivity contribution >= 4 is 24.9 Å². The predicted molar refractivity (Wildman–Crippen MR) is 74.0 cm³/mol. The molecule has 1 atom stereocenters. The molecule has 94 valence electrons. The summed E-state index contributed by atoms with van der Waals surface area (Å²) < 4.78 is 5.11. The quantitative estimate of drug-likeness (QED) is 0.507. The molecule has 0 heterocycles. The number of anilines is 1. The minimum Gasteiger partial charge on any atom is -0.466 e. The van der Waals surface area contributed by atoms with Crippen LogP contribution in [0, 0.1) is 0 Å². The maximum absolute atomic E-state index is 11.8. The molecule has 2 N–H and O–H groups in total. The van der Waals surface area contributed by atoms with Crippen LogP contribution in [0.25, 0.3) is 0 Å². The summed E-state index contributed by atoms with van der Waals surface area (Å²) in [6, 6.07) is 7.83. The highest BCUT2D eigenvalue weighted by molar-refractivity contribution is 6.93. The highest BCUT2D eigenvalue weighted by Gasteiger charge is 2.36. The lowest BCUT2D eigenvalue weighted by Crippen LogP contribution is -2.48. The van der Waals surface area contributed by atoms with Crippen molar-refractivity contribution < 1.29 is 9.53 Å². The molecular weight excluding hydrogens is 230 g/mol. The van der Waals surface area contributed by atoms with Crippen LogP contribution in [0.2, 0.25) is 18.6 Å². The van der Waals surface area contributed by atoms with Crippen LogP contribution < -0.4 is 10.9 Å². The summed E-state index contributed by atoms with van der Waals surface area (Å²) in [7, 11) is -1.84. The molecule has 1 rings (SSSR count). The van der Waals surface area contributed by atoms with Gasteiger partial charge >= 0.3 is 5.97 Å². The van der Waals surface area contributed by atoms with Crippen molar-refractivity contribution in [3.8, 4) is 0 Å². The van der Waals surface area contributed by atoms with E-state index >= 15 is 0 Å². The van der Waals surface area contributed by atoms with Crippen LogP contribution in [-0.4, -0.2) is 20.7 Å². The lowest BCUT2D eigenvalue weighted by Gasteiger charge is -2.28. The number of hydrogen-bond acceptors (Lipinski definition) is 3. The first-order valence-electron chi connectivity index (χ1n) is 5.92. The van der Waals surface area contributed by atoms with E-state index in [4.69, 9.17) is 10.5 Å². The van der Waals surface area contributed by atoms with E-state index in [1.807, 2.05) is 38.1 Å². The Morgan fingerprint density at radius 1 is 1.35 bits per heavy atom. The van der Waals surface area contributed by atoms with Crippen molar-refractivity contribution in [1.29, 1.82) is 0 Å². The number of nitrogen functional groups attached to an aromatic ring is 1. The zero-order chi connectivity index (χ0) is 13.1. The van der Waals surface area contributed by atoms with Gasteiger partial charge in [0, 0.05) is 5.69 Å². The molecule has 1 aromatic rings. The number of carbonyl (C=O) groups is 1. The fourth-order valence-corrected chi connectivity index (χ4v) is 3.92. The second-order valence-electron chi connectivity index (χ2n) is 4.82. The number of rotatable bonds is 4. The topological polar surface area (TPSA) is 52.3 Å². The van der Waals surface area contributed by atoms with Gasteiger partial charge in [0.25, 0.3) is 0 Å². The second kappa shape index (κ2) is 5.36. The average molecular weight is 251 g/mol. The van der Waals surface area contributed by atoms with Crippen molar-refractivity contribution in [2.75, 3.05) is 12.3 Å². The molecule has 0 saturated carbocycles. The van der Waals surface area contributed by atoms with Gasteiger partial charge in [-0.25, -0.2) is 0 Å². The van der Waals surface area contributed by atoms with E-state index in [9.17, 15) is 4.79 Å². The van der Waals surface area contributed by atoms with E-state index < -0.39 is 8.07 Å².